The number of carbonyl (C=O) groups is 1. The first-order valence-corrected chi connectivity index (χ1v) is 5.99. The van der Waals surface area contributed by atoms with Crippen LogP contribution in [0.2, 0.25) is 0 Å². The third-order valence-electron chi connectivity index (χ3n) is 2.21. The summed E-state index contributed by atoms with van der Waals surface area (Å²) in [6, 6.07) is 0. The molecule has 0 bridgehead atoms. The molecule has 0 saturated heterocycles. The van der Waals surface area contributed by atoms with Gasteiger partial charge < -0.3 is 9.90 Å². The molecule has 1 heterocycles. The largest absolute Gasteiger partial charge is 0.550 e. The van der Waals surface area contributed by atoms with Gasteiger partial charge in [-0.2, -0.15) is 0 Å². The van der Waals surface area contributed by atoms with E-state index in [4.69, 9.17) is 0 Å². The highest BCUT2D eigenvalue weighted by molar-refractivity contribution is 5.70. The lowest BCUT2D eigenvalue weighted by atomic mass is 9.98. The molecule has 1 rings (SSSR count). The zero-order chi connectivity index (χ0) is 13.5. The van der Waals surface area contributed by atoms with E-state index in [1.54, 1.807) is 20.8 Å². The zero-order valence-electron chi connectivity index (χ0n) is 11.6. The van der Waals surface area contributed by atoms with Crippen molar-refractivity contribution in [3.8, 4) is 0 Å². The molecule has 1 aromatic rings. The summed E-state index contributed by atoms with van der Waals surface area (Å²) < 4.78 is 4.28. The van der Waals surface area contributed by atoms with Crippen LogP contribution >= 0.6 is 0 Å². The molecule has 17 heavy (non-hydrogen) atoms. The van der Waals surface area contributed by atoms with E-state index >= 15 is 0 Å². The summed E-state index contributed by atoms with van der Waals surface area (Å²) in [5, 5.41) is 9.91. The second kappa shape index (κ2) is 7.09. The van der Waals surface area contributed by atoms with Gasteiger partial charge in [0.05, 0.1) is 13.6 Å². The Morgan fingerprint density at radius 3 is 2.24 bits per heavy atom. The lowest BCUT2D eigenvalue weighted by Crippen LogP contribution is -2.35. The predicted molar refractivity (Wildman–Crippen MR) is 65.0 cm³/mol. The number of carboxylic acids is 1. The van der Waals surface area contributed by atoms with Gasteiger partial charge in [-0.05, 0) is 6.42 Å². The molecule has 0 radical (unpaired) electrons. The molecule has 4 heteroatoms. The number of unbranched alkanes of at least 4 members (excludes halogenated alkanes) is 1. The fourth-order valence-corrected chi connectivity index (χ4v) is 0.975. The van der Waals surface area contributed by atoms with E-state index in [0.29, 0.717) is 0 Å². The summed E-state index contributed by atoms with van der Waals surface area (Å²) in [6.45, 7) is 8.16. The number of hydrogen-bond acceptors (Lipinski definition) is 2. The summed E-state index contributed by atoms with van der Waals surface area (Å²) in [5.41, 5.74) is -0.694. The van der Waals surface area contributed by atoms with Crippen LogP contribution in [-0.4, -0.2) is 10.5 Å². The van der Waals surface area contributed by atoms with Gasteiger partial charge >= 0.3 is 0 Å². The number of carboxylic acid groups (broad SMARTS) is 1. The van der Waals surface area contributed by atoms with Gasteiger partial charge in [0.2, 0.25) is 6.33 Å². The van der Waals surface area contributed by atoms with Gasteiger partial charge in [0.15, 0.2) is 0 Å². The second-order valence-corrected chi connectivity index (χ2v) is 5.21. The van der Waals surface area contributed by atoms with E-state index in [1.165, 1.54) is 12.8 Å². The highest BCUT2D eigenvalue weighted by atomic mass is 16.4. The third kappa shape index (κ3) is 7.55. The SMILES string of the molecule is CC(C)(C)C(=O)[O-].CCCCn1cc[n+](C)c1. The average molecular weight is 240 g/mol. The van der Waals surface area contributed by atoms with Crippen molar-refractivity contribution in [2.24, 2.45) is 12.5 Å². The Morgan fingerprint density at radius 2 is 1.94 bits per heavy atom. The maximum Gasteiger partial charge on any atom is 0.243 e. The minimum absolute atomic E-state index is 0.694. The Hall–Kier alpha value is -1.32. The summed E-state index contributed by atoms with van der Waals surface area (Å²) in [4.78, 5) is 9.91. The summed E-state index contributed by atoms with van der Waals surface area (Å²) in [5.74, 6) is -1.01. The molecule has 0 N–H and O–H groups in total. The van der Waals surface area contributed by atoms with Crippen LogP contribution in [0.15, 0.2) is 18.7 Å². The first-order valence-electron chi connectivity index (χ1n) is 5.99. The molecule has 0 unspecified atom stereocenters. The van der Waals surface area contributed by atoms with E-state index < -0.39 is 11.4 Å². The van der Waals surface area contributed by atoms with E-state index in [1.807, 2.05) is 7.05 Å². The summed E-state index contributed by atoms with van der Waals surface area (Å²) >= 11 is 0. The monoisotopic (exact) mass is 240 g/mol. The maximum atomic E-state index is 9.91. The molecule has 4 nitrogen and oxygen atoms in total. The molecule has 0 saturated carbocycles. The van der Waals surface area contributed by atoms with Gasteiger partial charge in [-0.1, -0.05) is 34.1 Å². The Kier molecular flexibility index (Phi) is 6.54. The van der Waals surface area contributed by atoms with Crippen LogP contribution < -0.4 is 9.67 Å². The number of aliphatic carboxylic acids is 1. The number of imidazole rings is 1. The van der Waals surface area contributed by atoms with E-state index in [0.717, 1.165) is 6.54 Å². The lowest BCUT2D eigenvalue weighted by molar-refractivity contribution is -0.671. The van der Waals surface area contributed by atoms with Crippen LogP contribution in [0.5, 0.6) is 0 Å². The van der Waals surface area contributed by atoms with Crippen molar-refractivity contribution < 1.29 is 14.5 Å². The first kappa shape index (κ1) is 15.7. The fraction of sp³-hybridized carbons (Fsp3) is 0.692. The van der Waals surface area contributed by atoms with Crippen LogP contribution in [0.1, 0.15) is 40.5 Å². The molecular formula is C13H24N2O2. The molecule has 1 aromatic heterocycles. The minimum atomic E-state index is -1.01. The number of nitrogens with zero attached hydrogens (tertiary/aromatic N) is 2. The Morgan fingerprint density at radius 1 is 1.41 bits per heavy atom. The third-order valence-corrected chi connectivity index (χ3v) is 2.21. The van der Waals surface area contributed by atoms with Gasteiger partial charge in [0, 0.05) is 11.4 Å². The van der Waals surface area contributed by atoms with Crippen LogP contribution in [0.3, 0.4) is 0 Å². The van der Waals surface area contributed by atoms with E-state index in [-0.39, 0.29) is 0 Å². The van der Waals surface area contributed by atoms with Gasteiger partial charge in [-0.15, -0.1) is 0 Å². The van der Waals surface area contributed by atoms with Crippen LogP contribution in [-0.2, 0) is 18.4 Å². The first-order chi connectivity index (χ1) is 7.77. The molecule has 98 valence electrons. The van der Waals surface area contributed by atoms with Crippen molar-refractivity contribution in [3.63, 3.8) is 0 Å². The maximum absolute atomic E-state index is 9.91. The molecule has 0 aliphatic rings. The van der Waals surface area contributed by atoms with Crippen LogP contribution in [0.25, 0.3) is 0 Å². The zero-order valence-corrected chi connectivity index (χ0v) is 11.6. The molecular weight excluding hydrogens is 216 g/mol. The van der Waals surface area contributed by atoms with Crippen molar-refractivity contribution in [3.05, 3.63) is 18.7 Å². The molecule has 0 spiro atoms. The van der Waals surface area contributed by atoms with Gasteiger partial charge in [-0.25, -0.2) is 9.13 Å². The van der Waals surface area contributed by atoms with Crippen LogP contribution in [0.4, 0.5) is 0 Å². The topological polar surface area (TPSA) is 48.9 Å². The molecule has 0 aromatic carbocycles. The van der Waals surface area contributed by atoms with E-state index in [9.17, 15) is 9.90 Å². The smallest absolute Gasteiger partial charge is 0.243 e. The van der Waals surface area contributed by atoms with Crippen LogP contribution in [0, 0.1) is 5.41 Å². The summed E-state index contributed by atoms with van der Waals surface area (Å²) in [7, 11) is 2.04. The molecule has 0 atom stereocenters. The average Bonchev–Trinajstić information content (AvgIpc) is 2.60. The van der Waals surface area contributed by atoms with Crippen molar-refractivity contribution in [2.75, 3.05) is 0 Å². The van der Waals surface area contributed by atoms with E-state index in [2.05, 4.69) is 34.8 Å². The molecule has 0 aliphatic carbocycles. The van der Waals surface area contributed by atoms with Gasteiger partial charge in [-0.3, -0.25) is 0 Å². The second-order valence-electron chi connectivity index (χ2n) is 5.21. The van der Waals surface area contributed by atoms with Crippen molar-refractivity contribution in [2.45, 2.75) is 47.1 Å². The molecule has 0 aliphatic heterocycles. The number of rotatable bonds is 3. The number of carbonyl (C=O) groups excluding carboxylic acids is 1. The predicted octanol–water partition coefficient (Wildman–Crippen LogP) is 0.895. The quantitative estimate of drug-likeness (QED) is 0.737. The Labute approximate surface area is 104 Å². The standard InChI is InChI=1S/C8H15N2.C5H10O2/c1-3-4-5-10-7-6-9(2)8-10;1-5(2,3)4(6)7/h6-8H,3-5H2,1-2H3;1-3H3,(H,6,7)/q+1;/p-1. The number of aryl methyl sites for hydroxylation is 2. The van der Waals surface area contributed by atoms with Gasteiger partial charge in [0.25, 0.3) is 0 Å². The van der Waals surface area contributed by atoms with Crippen molar-refractivity contribution >= 4 is 5.97 Å². The fourth-order valence-electron chi connectivity index (χ4n) is 0.975. The highest BCUT2D eigenvalue weighted by Crippen LogP contribution is 2.09. The highest BCUT2D eigenvalue weighted by Gasteiger charge is 2.09. The number of hydrogen-bond donors (Lipinski definition) is 0. The normalized spacial score (nSPS) is 10.6. The Balaban J connectivity index is 0.000000325. The van der Waals surface area contributed by atoms with Crippen molar-refractivity contribution in [1.82, 2.24) is 4.57 Å². The van der Waals surface area contributed by atoms with Crippen molar-refractivity contribution in [1.29, 1.82) is 0 Å². The number of aromatic nitrogens is 2. The Bertz CT molecular complexity index is 337. The summed E-state index contributed by atoms with van der Waals surface area (Å²) in [6.07, 6.45) is 8.82. The lowest BCUT2D eigenvalue weighted by Gasteiger charge is -2.18. The van der Waals surface area contributed by atoms with Gasteiger partial charge in [0.1, 0.15) is 12.4 Å². The molecule has 0 amide bonds. The minimum Gasteiger partial charge on any atom is -0.550 e. The molecule has 0 fully saturated rings.